The predicted molar refractivity (Wildman–Crippen MR) is 97.3 cm³/mol. The van der Waals surface area contributed by atoms with Gasteiger partial charge in [-0.15, -0.1) is 23.7 Å². The molecule has 0 spiro atoms. The molecule has 3 rings (SSSR count). The van der Waals surface area contributed by atoms with Crippen LogP contribution in [0.1, 0.15) is 24.1 Å². The van der Waals surface area contributed by atoms with Crippen molar-refractivity contribution in [2.75, 3.05) is 32.7 Å². The van der Waals surface area contributed by atoms with Crippen molar-refractivity contribution >= 4 is 39.7 Å². The van der Waals surface area contributed by atoms with E-state index in [-0.39, 0.29) is 24.7 Å². The van der Waals surface area contributed by atoms with Crippen LogP contribution in [-0.4, -0.2) is 51.4 Å². The Balaban J connectivity index is 0.00000208. The topological polar surface area (TPSA) is 78.5 Å². The van der Waals surface area contributed by atoms with E-state index < -0.39 is 10.0 Å². The Morgan fingerprint density at radius 2 is 1.96 bits per heavy atom. The van der Waals surface area contributed by atoms with Crippen molar-refractivity contribution in [1.29, 1.82) is 0 Å². The lowest BCUT2D eigenvalue weighted by molar-refractivity contribution is -0.120. The molecule has 136 valence electrons. The van der Waals surface area contributed by atoms with E-state index in [9.17, 15) is 13.2 Å². The van der Waals surface area contributed by atoms with Crippen LogP contribution < -0.4 is 10.6 Å². The SMILES string of the molecule is Cl.O=C(Cc1ccc(S(=O)(=O)N2CCCCC2)s1)NCC1CNC1. The van der Waals surface area contributed by atoms with Crippen LogP contribution in [0.3, 0.4) is 0 Å². The minimum absolute atomic E-state index is 0. The van der Waals surface area contributed by atoms with Gasteiger partial charge >= 0.3 is 0 Å². The molecule has 0 radical (unpaired) electrons. The van der Waals surface area contributed by atoms with Crippen molar-refractivity contribution in [3.8, 4) is 0 Å². The summed E-state index contributed by atoms with van der Waals surface area (Å²) in [6, 6.07) is 3.39. The Labute approximate surface area is 153 Å². The first-order chi connectivity index (χ1) is 11.1. The lowest BCUT2D eigenvalue weighted by Crippen LogP contribution is -2.48. The molecule has 3 heterocycles. The number of rotatable bonds is 6. The highest BCUT2D eigenvalue weighted by atomic mass is 35.5. The molecule has 0 atom stereocenters. The molecule has 0 aromatic carbocycles. The third-order valence-corrected chi connectivity index (χ3v) is 7.79. The zero-order valence-electron chi connectivity index (χ0n) is 13.5. The second-order valence-corrected chi connectivity index (χ2v) is 9.52. The summed E-state index contributed by atoms with van der Waals surface area (Å²) in [6.45, 7) is 3.81. The van der Waals surface area contributed by atoms with Gasteiger partial charge in [-0.05, 0) is 25.0 Å². The Kier molecular flexibility index (Phi) is 7.06. The van der Waals surface area contributed by atoms with E-state index in [4.69, 9.17) is 0 Å². The van der Waals surface area contributed by atoms with Crippen molar-refractivity contribution in [3.05, 3.63) is 17.0 Å². The number of piperidine rings is 1. The van der Waals surface area contributed by atoms with E-state index in [0.29, 0.717) is 29.8 Å². The fraction of sp³-hybridized carbons (Fsp3) is 0.667. The second-order valence-electron chi connectivity index (χ2n) is 6.19. The van der Waals surface area contributed by atoms with Gasteiger partial charge < -0.3 is 10.6 Å². The van der Waals surface area contributed by atoms with Gasteiger partial charge in [0.05, 0.1) is 6.42 Å². The van der Waals surface area contributed by atoms with Gasteiger partial charge in [0.2, 0.25) is 5.91 Å². The molecular formula is C15H24ClN3O3S2. The van der Waals surface area contributed by atoms with Crippen LogP contribution >= 0.6 is 23.7 Å². The lowest BCUT2D eigenvalue weighted by atomic mass is 10.0. The third-order valence-electron chi connectivity index (χ3n) is 4.33. The zero-order valence-corrected chi connectivity index (χ0v) is 15.9. The summed E-state index contributed by atoms with van der Waals surface area (Å²) in [7, 11) is -3.39. The van der Waals surface area contributed by atoms with Gasteiger partial charge in [-0.1, -0.05) is 6.42 Å². The Morgan fingerprint density at radius 1 is 1.25 bits per heavy atom. The molecule has 1 aromatic rings. The third kappa shape index (κ3) is 4.70. The molecule has 2 saturated heterocycles. The first kappa shape index (κ1) is 19.7. The number of nitrogens with one attached hydrogen (secondary N) is 2. The van der Waals surface area contributed by atoms with E-state index in [1.807, 2.05) is 0 Å². The van der Waals surface area contributed by atoms with Crippen LogP contribution in [0.4, 0.5) is 0 Å². The number of carbonyl (C=O) groups is 1. The minimum Gasteiger partial charge on any atom is -0.355 e. The number of hydrogen-bond donors (Lipinski definition) is 2. The Hall–Kier alpha value is -0.670. The Morgan fingerprint density at radius 3 is 2.58 bits per heavy atom. The number of sulfonamides is 1. The summed E-state index contributed by atoms with van der Waals surface area (Å²) in [5, 5.41) is 6.08. The maximum Gasteiger partial charge on any atom is 0.252 e. The largest absolute Gasteiger partial charge is 0.355 e. The summed E-state index contributed by atoms with van der Waals surface area (Å²) < 4.78 is 27.1. The van der Waals surface area contributed by atoms with E-state index in [1.165, 1.54) is 11.3 Å². The molecule has 1 aromatic heterocycles. The fourth-order valence-electron chi connectivity index (χ4n) is 2.80. The number of thiophene rings is 1. The number of nitrogens with zero attached hydrogens (tertiary/aromatic N) is 1. The average molecular weight is 394 g/mol. The summed E-state index contributed by atoms with van der Waals surface area (Å²) in [5.74, 6) is 0.484. The lowest BCUT2D eigenvalue weighted by Gasteiger charge is -2.27. The van der Waals surface area contributed by atoms with Gasteiger partial charge in [0, 0.05) is 43.5 Å². The van der Waals surface area contributed by atoms with Crippen molar-refractivity contribution in [3.63, 3.8) is 0 Å². The summed E-state index contributed by atoms with van der Waals surface area (Å²) in [4.78, 5) is 12.7. The monoisotopic (exact) mass is 393 g/mol. The van der Waals surface area contributed by atoms with E-state index in [1.54, 1.807) is 16.4 Å². The standard InChI is InChI=1S/C15H23N3O3S2.ClH/c19-14(17-11-12-9-16-10-12)8-13-4-5-15(22-13)23(20,21)18-6-2-1-3-7-18;/h4-5,12,16H,1-3,6-11H2,(H,17,19);1H. The molecular weight excluding hydrogens is 370 g/mol. The molecule has 6 nitrogen and oxygen atoms in total. The summed E-state index contributed by atoms with van der Waals surface area (Å²) in [5.41, 5.74) is 0. The van der Waals surface area contributed by atoms with Crippen LogP contribution in [0.25, 0.3) is 0 Å². The molecule has 9 heteroatoms. The molecule has 2 aliphatic rings. The van der Waals surface area contributed by atoms with Crippen LogP contribution in [-0.2, 0) is 21.2 Å². The van der Waals surface area contributed by atoms with Crippen LogP contribution in [0, 0.1) is 5.92 Å². The van der Waals surface area contributed by atoms with Gasteiger partial charge in [0.15, 0.2) is 0 Å². The van der Waals surface area contributed by atoms with E-state index >= 15 is 0 Å². The van der Waals surface area contributed by atoms with Gasteiger partial charge in [0.25, 0.3) is 10.0 Å². The van der Waals surface area contributed by atoms with E-state index in [2.05, 4.69) is 10.6 Å². The van der Waals surface area contributed by atoms with Crippen molar-refractivity contribution < 1.29 is 13.2 Å². The zero-order chi connectivity index (χ0) is 16.3. The molecule has 24 heavy (non-hydrogen) atoms. The number of carbonyl (C=O) groups excluding carboxylic acids is 1. The van der Waals surface area contributed by atoms with Gasteiger partial charge in [-0.25, -0.2) is 8.42 Å². The summed E-state index contributed by atoms with van der Waals surface area (Å²) in [6.07, 6.45) is 3.20. The number of halogens is 1. The van der Waals surface area contributed by atoms with E-state index in [0.717, 1.165) is 37.2 Å². The highest BCUT2D eigenvalue weighted by Crippen LogP contribution is 2.27. The summed E-state index contributed by atoms with van der Waals surface area (Å²) >= 11 is 1.21. The first-order valence-electron chi connectivity index (χ1n) is 8.12. The average Bonchev–Trinajstić information content (AvgIpc) is 2.96. The molecule has 0 saturated carbocycles. The van der Waals surface area contributed by atoms with Crippen molar-refractivity contribution in [2.24, 2.45) is 5.92 Å². The molecule has 0 unspecified atom stereocenters. The van der Waals surface area contributed by atoms with Crippen molar-refractivity contribution in [2.45, 2.75) is 29.9 Å². The number of amides is 1. The first-order valence-corrected chi connectivity index (χ1v) is 10.4. The highest BCUT2D eigenvalue weighted by Gasteiger charge is 2.27. The highest BCUT2D eigenvalue weighted by molar-refractivity contribution is 7.91. The number of hydrogen-bond acceptors (Lipinski definition) is 5. The second kappa shape index (κ2) is 8.62. The van der Waals surface area contributed by atoms with Crippen LogP contribution in [0.2, 0.25) is 0 Å². The quantitative estimate of drug-likeness (QED) is 0.761. The molecule has 2 N–H and O–H groups in total. The molecule has 0 bridgehead atoms. The molecule has 1 amide bonds. The maximum atomic E-state index is 12.6. The smallest absolute Gasteiger partial charge is 0.252 e. The minimum atomic E-state index is -3.39. The van der Waals surface area contributed by atoms with Crippen molar-refractivity contribution in [1.82, 2.24) is 14.9 Å². The Bertz CT molecular complexity index is 653. The van der Waals surface area contributed by atoms with Gasteiger partial charge in [-0.2, -0.15) is 4.31 Å². The maximum absolute atomic E-state index is 12.6. The fourth-order valence-corrected chi connectivity index (χ4v) is 5.82. The van der Waals surface area contributed by atoms with Gasteiger partial charge in [-0.3, -0.25) is 4.79 Å². The van der Waals surface area contributed by atoms with Gasteiger partial charge in [0.1, 0.15) is 4.21 Å². The normalized spacial score (nSPS) is 19.3. The molecule has 0 aliphatic carbocycles. The van der Waals surface area contributed by atoms with Crippen LogP contribution in [0.15, 0.2) is 16.3 Å². The predicted octanol–water partition coefficient (Wildman–Crippen LogP) is 1.22. The molecule has 2 aliphatic heterocycles. The van der Waals surface area contributed by atoms with Crippen LogP contribution in [0.5, 0.6) is 0 Å². The molecule has 2 fully saturated rings.